The summed E-state index contributed by atoms with van der Waals surface area (Å²) in [7, 11) is 0. The Hall–Kier alpha value is -0.850. The fourth-order valence-electron chi connectivity index (χ4n) is 2.90. The minimum atomic E-state index is -0.674. The van der Waals surface area contributed by atoms with Gasteiger partial charge >= 0.3 is 0 Å². The second kappa shape index (κ2) is 5.42. The predicted octanol–water partition coefficient (Wildman–Crippen LogP) is 4.20. The molecule has 1 saturated carbocycles. The molecule has 3 unspecified atom stereocenters. The minimum Gasteiger partial charge on any atom is -0.387 e. The first-order valence-electron chi connectivity index (χ1n) is 6.46. The van der Waals surface area contributed by atoms with Crippen molar-refractivity contribution in [3.05, 3.63) is 34.3 Å². The van der Waals surface area contributed by atoms with E-state index < -0.39 is 11.5 Å². The van der Waals surface area contributed by atoms with E-state index in [0.717, 1.165) is 35.7 Å². The lowest BCUT2D eigenvalue weighted by molar-refractivity contribution is 0.0641. The number of nitriles is 1. The standard InChI is InChI=1S/C15H18BrNO/c1-2-11-7-8-15(9-11,10-17)14(18)12-3-5-13(16)6-4-12/h3-6,11,14,18H,2,7-9H2,1H3. The van der Waals surface area contributed by atoms with Gasteiger partial charge in [-0.1, -0.05) is 41.4 Å². The molecule has 3 atom stereocenters. The Labute approximate surface area is 117 Å². The lowest BCUT2D eigenvalue weighted by atomic mass is 9.78. The molecule has 0 amide bonds. The van der Waals surface area contributed by atoms with Crippen LogP contribution in [0.15, 0.2) is 28.7 Å². The SMILES string of the molecule is CCC1CCC(C#N)(C(O)c2ccc(Br)cc2)C1. The Morgan fingerprint density at radius 1 is 1.50 bits per heavy atom. The number of aliphatic hydroxyl groups is 1. The monoisotopic (exact) mass is 307 g/mol. The van der Waals surface area contributed by atoms with Crippen LogP contribution in [0.25, 0.3) is 0 Å². The molecule has 0 saturated heterocycles. The molecular formula is C15H18BrNO. The summed E-state index contributed by atoms with van der Waals surface area (Å²) in [4.78, 5) is 0. The molecule has 3 heteroatoms. The average Bonchev–Trinajstić information content (AvgIpc) is 2.84. The molecule has 0 radical (unpaired) electrons. The van der Waals surface area contributed by atoms with E-state index in [4.69, 9.17) is 0 Å². The van der Waals surface area contributed by atoms with E-state index in [1.807, 2.05) is 24.3 Å². The summed E-state index contributed by atoms with van der Waals surface area (Å²) in [6.07, 6.45) is 3.09. The molecule has 1 aromatic carbocycles. The first-order valence-corrected chi connectivity index (χ1v) is 7.25. The summed E-state index contributed by atoms with van der Waals surface area (Å²) in [6.45, 7) is 2.16. The Balaban J connectivity index is 2.24. The van der Waals surface area contributed by atoms with Crippen LogP contribution in [0, 0.1) is 22.7 Å². The summed E-state index contributed by atoms with van der Waals surface area (Å²) in [6, 6.07) is 10.0. The highest BCUT2D eigenvalue weighted by Crippen LogP contribution is 2.50. The van der Waals surface area contributed by atoms with Crippen LogP contribution in [0.3, 0.4) is 0 Å². The van der Waals surface area contributed by atoms with E-state index in [9.17, 15) is 10.4 Å². The third kappa shape index (κ3) is 2.46. The molecule has 1 aliphatic carbocycles. The quantitative estimate of drug-likeness (QED) is 0.909. The number of benzene rings is 1. The van der Waals surface area contributed by atoms with E-state index in [0.29, 0.717) is 5.92 Å². The van der Waals surface area contributed by atoms with Crippen molar-refractivity contribution in [2.45, 2.75) is 38.7 Å². The van der Waals surface area contributed by atoms with Crippen molar-refractivity contribution in [2.75, 3.05) is 0 Å². The fraction of sp³-hybridized carbons (Fsp3) is 0.533. The molecule has 0 spiro atoms. The van der Waals surface area contributed by atoms with Crippen LogP contribution >= 0.6 is 15.9 Å². The van der Waals surface area contributed by atoms with Crippen LogP contribution in [-0.4, -0.2) is 5.11 Å². The smallest absolute Gasteiger partial charge is 0.0976 e. The minimum absolute atomic E-state index is 0.578. The lowest BCUT2D eigenvalue weighted by Gasteiger charge is -2.27. The normalized spacial score (nSPS) is 28.9. The molecule has 96 valence electrons. The van der Waals surface area contributed by atoms with E-state index >= 15 is 0 Å². The number of hydrogen-bond donors (Lipinski definition) is 1. The molecule has 0 aliphatic heterocycles. The third-order valence-corrected chi connectivity index (χ3v) is 4.69. The van der Waals surface area contributed by atoms with Gasteiger partial charge in [0, 0.05) is 4.47 Å². The Bertz CT molecular complexity index is 451. The van der Waals surface area contributed by atoms with Crippen molar-refractivity contribution in [2.24, 2.45) is 11.3 Å². The van der Waals surface area contributed by atoms with Crippen molar-refractivity contribution in [1.82, 2.24) is 0 Å². The zero-order valence-electron chi connectivity index (χ0n) is 10.6. The van der Waals surface area contributed by atoms with Crippen molar-refractivity contribution >= 4 is 15.9 Å². The number of hydrogen-bond acceptors (Lipinski definition) is 2. The molecule has 0 aromatic heterocycles. The van der Waals surface area contributed by atoms with Gasteiger partial charge in [-0.05, 0) is 42.9 Å². The number of aliphatic hydroxyl groups excluding tert-OH is 1. The van der Waals surface area contributed by atoms with Crippen LogP contribution < -0.4 is 0 Å². The van der Waals surface area contributed by atoms with Gasteiger partial charge in [-0.2, -0.15) is 5.26 Å². The highest BCUT2D eigenvalue weighted by molar-refractivity contribution is 9.10. The second-order valence-corrected chi connectivity index (χ2v) is 6.15. The maximum Gasteiger partial charge on any atom is 0.0976 e. The zero-order chi connectivity index (χ0) is 13.2. The highest BCUT2D eigenvalue weighted by atomic mass is 79.9. The van der Waals surface area contributed by atoms with Gasteiger partial charge < -0.3 is 5.11 Å². The molecule has 1 aromatic rings. The maximum absolute atomic E-state index is 10.5. The first kappa shape index (κ1) is 13.6. The summed E-state index contributed by atoms with van der Waals surface area (Å²) >= 11 is 3.38. The molecule has 18 heavy (non-hydrogen) atoms. The average molecular weight is 308 g/mol. The number of nitrogens with zero attached hydrogens (tertiary/aromatic N) is 1. The van der Waals surface area contributed by atoms with Gasteiger partial charge in [0.25, 0.3) is 0 Å². The highest BCUT2D eigenvalue weighted by Gasteiger charge is 2.45. The van der Waals surface area contributed by atoms with Gasteiger partial charge in [0.15, 0.2) is 0 Å². The molecule has 0 bridgehead atoms. The van der Waals surface area contributed by atoms with Crippen LogP contribution in [0.1, 0.15) is 44.3 Å². The molecule has 0 heterocycles. The van der Waals surface area contributed by atoms with Crippen molar-refractivity contribution in [1.29, 1.82) is 5.26 Å². The summed E-state index contributed by atoms with van der Waals surface area (Å²) in [5.74, 6) is 0.578. The first-order chi connectivity index (χ1) is 8.61. The van der Waals surface area contributed by atoms with Crippen LogP contribution in [0.5, 0.6) is 0 Å². The summed E-state index contributed by atoms with van der Waals surface area (Å²) in [5.41, 5.74) is 0.255. The molecule has 2 rings (SSSR count). The topological polar surface area (TPSA) is 44.0 Å². The predicted molar refractivity (Wildman–Crippen MR) is 74.8 cm³/mol. The Morgan fingerprint density at radius 2 is 2.17 bits per heavy atom. The Kier molecular flexibility index (Phi) is 4.09. The van der Waals surface area contributed by atoms with Crippen LogP contribution in [-0.2, 0) is 0 Å². The van der Waals surface area contributed by atoms with Gasteiger partial charge in [0.05, 0.1) is 17.6 Å². The second-order valence-electron chi connectivity index (χ2n) is 5.24. The van der Waals surface area contributed by atoms with Gasteiger partial charge in [-0.25, -0.2) is 0 Å². The fourth-order valence-corrected chi connectivity index (χ4v) is 3.17. The molecule has 1 N–H and O–H groups in total. The maximum atomic E-state index is 10.5. The largest absolute Gasteiger partial charge is 0.387 e. The van der Waals surface area contributed by atoms with Crippen molar-refractivity contribution in [3.63, 3.8) is 0 Å². The summed E-state index contributed by atoms with van der Waals surface area (Å²) in [5, 5.41) is 20.0. The molecule has 1 fully saturated rings. The number of halogens is 1. The number of rotatable bonds is 3. The van der Waals surface area contributed by atoms with Crippen molar-refractivity contribution in [3.8, 4) is 6.07 Å². The van der Waals surface area contributed by atoms with E-state index in [-0.39, 0.29) is 0 Å². The van der Waals surface area contributed by atoms with E-state index in [1.54, 1.807) is 0 Å². The van der Waals surface area contributed by atoms with Gasteiger partial charge in [0.2, 0.25) is 0 Å². The molecule has 2 nitrogen and oxygen atoms in total. The molecule has 1 aliphatic rings. The molecular weight excluding hydrogens is 290 g/mol. The van der Waals surface area contributed by atoms with Gasteiger partial charge in [-0.3, -0.25) is 0 Å². The van der Waals surface area contributed by atoms with Crippen LogP contribution in [0.2, 0.25) is 0 Å². The zero-order valence-corrected chi connectivity index (χ0v) is 12.2. The van der Waals surface area contributed by atoms with E-state index in [1.165, 1.54) is 0 Å². The lowest BCUT2D eigenvalue weighted by Crippen LogP contribution is -2.24. The van der Waals surface area contributed by atoms with Gasteiger partial charge in [-0.15, -0.1) is 0 Å². The third-order valence-electron chi connectivity index (χ3n) is 4.16. The Morgan fingerprint density at radius 3 is 2.67 bits per heavy atom. The van der Waals surface area contributed by atoms with Crippen LogP contribution in [0.4, 0.5) is 0 Å². The van der Waals surface area contributed by atoms with Gasteiger partial charge in [0.1, 0.15) is 0 Å². The summed E-state index contributed by atoms with van der Waals surface area (Å²) < 4.78 is 0.988. The van der Waals surface area contributed by atoms with E-state index in [2.05, 4.69) is 28.9 Å². The van der Waals surface area contributed by atoms with Crippen molar-refractivity contribution < 1.29 is 5.11 Å².